The number of nitrogens with zero attached hydrogens (tertiary/aromatic N) is 1. The van der Waals surface area contributed by atoms with E-state index in [1.54, 1.807) is 7.11 Å². The van der Waals surface area contributed by atoms with Crippen molar-refractivity contribution in [2.45, 2.75) is 37.4 Å². The Bertz CT molecular complexity index is 285. The molecule has 0 aliphatic carbocycles. The Morgan fingerprint density at radius 1 is 1.65 bits per heavy atom. The number of carbonyl (C=O) groups excluding carboxylic acids is 1. The number of ether oxygens (including phenoxy) is 2. The number of amides is 1. The van der Waals surface area contributed by atoms with E-state index in [0.29, 0.717) is 19.5 Å². The maximum atomic E-state index is 11.8. The molecule has 0 bridgehead atoms. The van der Waals surface area contributed by atoms with Crippen LogP contribution in [0.1, 0.15) is 25.7 Å². The Balaban J connectivity index is 1.93. The SMILES string of the molecule is COC1CCOC2(CCN(C(=O)CCN)C2)C1. The second-order valence-electron chi connectivity index (χ2n) is 4.99. The third kappa shape index (κ3) is 2.78. The van der Waals surface area contributed by atoms with Crippen molar-refractivity contribution in [3.63, 3.8) is 0 Å². The average molecular weight is 242 g/mol. The number of rotatable bonds is 3. The number of nitrogens with two attached hydrogens (primary N) is 1. The molecule has 2 rings (SSSR count). The van der Waals surface area contributed by atoms with Gasteiger partial charge < -0.3 is 20.1 Å². The maximum Gasteiger partial charge on any atom is 0.223 e. The van der Waals surface area contributed by atoms with Crippen LogP contribution < -0.4 is 5.73 Å². The second kappa shape index (κ2) is 5.33. The highest BCUT2D eigenvalue weighted by Gasteiger charge is 2.44. The van der Waals surface area contributed by atoms with Gasteiger partial charge in [-0.2, -0.15) is 0 Å². The van der Waals surface area contributed by atoms with Crippen LogP contribution in [0.15, 0.2) is 0 Å². The summed E-state index contributed by atoms with van der Waals surface area (Å²) in [6.07, 6.45) is 3.48. The van der Waals surface area contributed by atoms with Gasteiger partial charge in [-0.05, 0) is 12.8 Å². The molecule has 2 aliphatic rings. The van der Waals surface area contributed by atoms with Crippen LogP contribution >= 0.6 is 0 Å². The number of methoxy groups -OCH3 is 1. The van der Waals surface area contributed by atoms with E-state index in [-0.39, 0.29) is 17.6 Å². The first kappa shape index (κ1) is 12.8. The van der Waals surface area contributed by atoms with E-state index < -0.39 is 0 Å². The summed E-state index contributed by atoms with van der Waals surface area (Å²) in [7, 11) is 1.75. The largest absolute Gasteiger partial charge is 0.381 e. The van der Waals surface area contributed by atoms with Crippen molar-refractivity contribution < 1.29 is 14.3 Å². The van der Waals surface area contributed by atoms with Gasteiger partial charge in [0.2, 0.25) is 5.91 Å². The number of hydrogen-bond donors (Lipinski definition) is 1. The minimum absolute atomic E-state index is 0.146. The molecule has 2 N–H and O–H groups in total. The molecule has 2 atom stereocenters. The fourth-order valence-corrected chi connectivity index (χ4v) is 2.81. The van der Waals surface area contributed by atoms with Crippen molar-refractivity contribution in [3.8, 4) is 0 Å². The summed E-state index contributed by atoms with van der Waals surface area (Å²) in [5, 5.41) is 0. The zero-order valence-electron chi connectivity index (χ0n) is 10.5. The smallest absolute Gasteiger partial charge is 0.223 e. The Morgan fingerprint density at radius 3 is 3.18 bits per heavy atom. The predicted molar refractivity (Wildman–Crippen MR) is 63.6 cm³/mol. The van der Waals surface area contributed by atoms with Gasteiger partial charge in [-0.25, -0.2) is 0 Å². The van der Waals surface area contributed by atoms with Gasteiger partial charge in [0.05, 0.1) is 11.7 Å². The summed E-state index contributed by atoms with van der Waals surface area (Å²) in [6.45, 7) is 2.64. The lowest BCUT2D eigenvalue weighted by Gasteiger charge is -2.37. The van der Waals surface area contributed by atoms with Gasteiger partial charge in [0.25, 0.3) is 0 Å². The van der Waals surface area contributed by atoms with Gasteiger partial charge in [-0.3, -0.25) is 4.79 Å². The fraction of sp³-hybridized carbons (Fsp3) is 0.917. The van der Waals surface area contributed by atoms with Crippen molar-refractivity contribution in [1.29, 1.82) is 0 Å². The van der Waals surface area contributed by atoms with Crippen molar-refractivity contribution in [2.24, 2.45) is 5.73 Å². The Morgan fingerprint density at radius 2 is 2.47 bits per heavy atom. The summed E-state index contributed by atoms with van der Waals surface area (Å²) >= 11 is 0. The summed E-state index contributed by atoms with van der Waals surface area (Å²) in [4.78, 5) is 13.7. The van der Waals surface area contributed by atoms with Crippen molar-refractivity contribution in [2.75, 3.05) is 33.4 Å². The van der Waals surface area contributed by atoms with Crippen LogP contribution in [0, 0.1) is 0 Å². The summed E-state index contributed by atoms with van der Waals surface area (Å²) in [6, 6.07) is 0. The van der Waals surface area contributed by atoms with E-state index in [9.17, 15) is 4.79 Å². The molecule has 0 saturated carbocycles. The lowest BCUT2D eigenvalue weighted by molar-refractivity contribution is -0.137. The normalized spacial score (nSPS) is 33.3. The molecular formula is C12H22N2O3. The van der Waals surface area contributed by atoms with Crippen LogP contribution in [-0.4, -0.2) is 55.9 Å². The zero-order valence-corrected chi connectivity index (χ0v) is 10.5. The molecule has 2 fully saturated rings. The van der Waals surface area contributed by atoms with Crippen LogP contribution in [-0.2, 0) is 14.3 Å². The Kier molecular flexibility index (Phi) is 4.01. The zero-order chi connectivity index (χ0) is 12.3. The molecule has 2 unspecified atom stereocenters. The number of hydrogen-bond acceptors (Lipinski definition) is 4. The highest BCUT2D eigenvalue weighted by molar-refractivity contribution is 5.76. The van der Waals surface area contributed by atoms with Crippen LogP contribution in [0.5, 0.6) is 0 Å². The molecule has 2 aliphatic heterocycles. The van der Waals surface area contributed by atoms with Gasteiger partial charge in [-0.15, -0.1) is 0 Å². The van der Waals surface area contributed by atoms with E-state index in [1.807, 2.05) is 4.90 Å². The molecule has 5 nitrogen and oxygen atoms in total. The Labute approximate surface area is 102 Å². The monoisotopic (exact) mass is 242 g/mol. The number of likely N-dealkylation sites (tertiary alicyclic amines) is 1. The first-order valence-electron chi connectivity index (χ1n) is 6.34. The van der Waals surface area contributed by atoms with E-state index in [1.165, 1.54) is 0 Å². The van der Waals surface area contributed by atoms with Crippen LogP contribution in [0.3, 0.4) is 0 Å². The molecule has 2 saturated heterocycles. The quantitative estimate of drug-likeness (QED) is 0.764. The minimum Gasteiger partial charge on any atom is -0.381 e. The first-order chi connectivity index (χ1) is 8.19. The highest BCUT2D eigenvalue weighted by atomic mass is 16.5. The molecule has 0 aromatic carbocycles. The lowest BCUT2D eigenvalue weighted by atomic mass is 9.91. The van der Waals surface area contributed by atoms with E-state index in [0.717, 1.165) is 32.4 Å². The molecule has 0 aromatic rings. The van der Waals surface area contributed by atoms with E-state index in [4.69, 9.17) is 15.2 Å². The third-order valence-electron chi connectivity index (χ3n) is 3.81. The second-order valence-corrected chi connectivity index (χ2v) is 4.99. The molecule has 0 aromatic heterocycles. The summed E-state index contributed by atoms with van der Waals surface area (Å²) in [5.74, 6) is 0.146. The van der Waals surface area contributed by atoms with Gasteiger partial charge in [0.1, 0.15) is 0 Å². The standard InChI is InChI=1S/C12H22N2O3/c1-16-10-3-7-17-12(8-10)4-6-14(9-12)11(15)2-5-13/h10H,2-9,13H2,1H3. The molecule has 1 amide bonds. The molecule has 17 heavy (non-hydrogen) atoms. The van der Waals surface area contributed by atoms with Gasteiger partial charge in [0.15, 0.2) is 0 Å². The molecular weight excluding hydrogens is 220 g/mol. The molecule has 5 heteroatoms. The van der Waals surface area contributed by atoms with Crippen LogP contribution in [0.4, 0.5) is 0 Å². The van der Waals surface area contributed by atoms with E-state index >= 15 is 0 Å². The Hall–Kier alpha value is -0.650. The lowest BCUT2D eigenvalue weighted by Crippen LogP contribution is -2.45. The van der Waals surface area contributed by atoms with Crippen LogP contribution in [0.25, 0.3) is 0 Å². The summed E-state index contributed by atoms with van der Waals surface area (Å²) < 4.78 is 11.3. The molecule has 98 valence electrons. The molecule has 2 heterocycles. The number of carbonyl (C=O) groups is 1. The van der Waals surface area contributed by atoms with Gasteiger partial charge in [0, 0.05) is 46.2 Å². The topological polar surface area (TPSA) is 64.8 Å². The predicted octanol–water partition coefficient (Wildman–Crippen LogP) is 0.132. The maximum absolute atomic E-state index is 11.8. The van der Waals surface area contributed by atoms with Gasteiger partial charge in [-0.1, -0.05) is 0 Å². The minimum atomic E-state index is -0.164. The highest BCUT2D eigenvalue weighted by Crippen LogP contribution is 2.35. The van der Waals surface area contributed by atoms with Crippen molar-refractivity contribution >= 4 is 5.91 Å². The van der Waals surface area contributed by atoms with Crippen LogP contribution in [0.2, 0.25) is 0 Å². The van der Waals surface area contributed by atoms with E-state index in [2.05, 4.69) is 0 Å². The molecule has 1 spiro atoms. The average Bonchev–Trinajstić information content (AvgIpc) is 2.73. The van der Waals surface area contributed by atoms with Crippen molar-refractivity contribution in [1.82, 2.24) is 4.90 Å². The van der Waals surface area contributed by atoms with Crippen molar-refractivity contribution in [3.05, 3.63) is 0 Å². The third-order valence-corrected chi connectivity index (χ3v) is 3.81. The fourth-order valence-electron chi connectivity index (χ4n) is 2.81. The summed E-state index contributed by atoms with van der Waals surface area (Å²) in [5.41, 5.74) is 5.25. The molecule has 0 radical (unpaired) electrons. The first-order valence-corrected chi connectivity index (χ1v) is 6.34. The van der Waals surface area contributed by atoms with Gasteiger partial charge >= 0.3 is 0 Å².